The monoisotopic (exact) mass is 242 g/mol. The van der Waals surface area contributed by atoms with E-state index in [0.717, 1.165) is 11.3 Å². The Hall–Kier alpha value is -1.90. The molecule has 0 saturated carbocycles. The van der Waals surface area contributed by atoms with Gasteiger partial charge in [-0.3, -0.25) is 9.48 Å². The maximum atomic E-state index is 12.2. The van der Waals surface area contributed by atoms with E-state index in [1.807, 2.05) is 64.2 Å². The molecule has 2 aromatic rings. The number of aryl methyl sites for hydroxylation is 1. The molecule has 2 rings (SSSR count). The molecule has 0 unspecified atom stereocenters. The summed E-state index contributed by atoms with van der Waals surface area (Å²) in [6.07, 6.45) is 0. The predicted octanol–water partition coefficient (Wildman–Crippen LogP) is 3.32. The van der Waals surface area contributed by atoms with Gasteiger partial charge in [-0.25, -0.2) is 0 Å². The second kappa shape index (κ2) is 4.41. The zero-order valence-electron chi connectivity index (χ0n) is 11.3. The van der Waals surface area contributed by atoms with Gasteiger partial charge in [0, 0.05) is 12.5 Å². The molecule has 0 aliphatic rings. The van der Waals surface area contributed by atoms with Gasteiger partial charge in [0.25, 0.3) is 0 Å². The standard InChI is InChI=1S/C15H18N2O/c1-15(2,3)14(18)12-10-13(17(4)16-12)11-8-6-5-7-9-11/h5-10H,1-4H3. The van der Waals surface area contributed by atoms with Crippen molar-refractivity contribution in [3.05, 3.63) is 42.1 Å². The average Bonchev–Trinajstić information content (AvgIpc) is 2.70. The lowest BCUT2D eigenvalue weighted by atomic mass is 9.89. The molecule has 18 heavy (non-hydrogen) atoms. The summed E-state index contributed by atoms with van der Waals surface area (Å²) in [6.45, 7) is 5.73. The molecule has 0 aliphatic carbocycles. The first-order chi connectivity index (χ1) is 8.39. The minimum absolute atomic E-state index is 0.0697. The average molecular weight is 242 g/mol. The Morgan fingerprint density at radius 3 is 2.33 bits per heavy atom. The molecule has 0 fully saturated rings. The first-order valence-electron chi connectivity index (χ1n) is 6.04. The van der Waals surface area contributed by atoms with E-state index >= 15 is 0 Å². The van der Waals surface area contributed by atoms with E-state index in [-0.39, 0.29) is 5.78 Å². The van der Waals surface area contributed by atoms with Gasteiger partial charge in [-0.15, -0.1) is 0 Å². The molecule has 0 N–H and O–H groups in total. The minimum Gasteiger partial charge on any atom is -0.292 e. The molecule has 0 spiro atoms. The Labute approximate surface area is 107 Å². The van der Waals surface area contributed by atoms with Crippen LogP contribution >= 0.6 is 0 Å². The normalized spacial score (nSPS) is 11.6. The SMILES string of the molecule is Cn1nc(C(=O)C(C)(C)C)cc1-c1ccccc1. The van der Waals surface area contributed by atoms with Crippen LogP contribution in [0.15, 0.2) is 36.4 Å². The third-order valence-electron chi connectivity index (χ3n) is 2.86. The van der Waals surface area contributed by atoms with E-state index in [0.29, 0.717) is 5.69 Å². The summed E-state index contributed by atoms with van der Waals surface area (Å²) in [6, 6.07) is 11.8. The quantitative estimate of drug-likeness (QED) is 0.757. The molecule has 0 radical (unpaired) electrons. The van der Waals surface area contributed by atoms with E-state index in [9.17, 15) is 4.79 Å². The number of rotatable bonds is 2. The third-order valence-corrected chi connectivity index (χ3v) is 2.86. The van der Waals surface area contributed by atoms with Crippen LogP contribution in [0.25, 0.3) is 11.3 Å². The topological polar surface area (TPSA) is 34.9 Å². The van der Waals surface area contributed by atoms with Gasteiger partial charge in [-0.2, -0.15) is 5.10 Å². The molecule has 1 heterocycles. The highest BCUT2D eigenvalue weighted by atomic mass is 16.1. The highest BCUT2D eigenvalue weighted by molar-refractivity contribution is 5.98. The van der Waals surface area contributed by atoms with E-state index in [2.05, 4.69) is 5.10 Å². The summed E-state index contributed by atoms with van der Waals surface area (Å²) in [7, 11) is 1.86. The van der Waals surface area contributed by atoms with E-state index in [1.165, 1.54) is 0 Å². The summed E-state index contributed by atoms with van der Waals surface area (Å²) in [5, 5.41) is 4.32. The van der Waals surface area contributed by atoms with Gasteiger partial charge in [-0.1, -0.05) is 51.1 Å². The number of aromatic nitrogens is 2. The maximum Gasteiger partial charge on any atom is 0.188 e. The lowest BCUT2D eigenvalue weighted by Gasteiger charge is -2.13. The fraction of sp³-hybridized carbons (Fsp3) is 0.333. The predicted molar refractivity (Wildman–Crippen MR) is 72.4 cm³/mol. The maximum absolute atomic E-state index is 12.2. The Morgan fingerprint density at radius 1 is 1.17 bits per heavy atom. The van der Waals surface area contributed by atoms with Gasteiger partial charge in [0.05, 0.1) is 5.69 Å². The number of carbonyl (C=O) groups is 1. The second-order valence-corrected chi connectivity index (χ2v) is 5.48. The molecule has 0 amide bonds. The Balaban J connectivity index is 2.43. The number of Topliss-reactive ketones (excluding diaryl/α,β-unsaturated/α-hetero) is 1. The zero-order chi connectivity index (χ0) is 13.3. The van der Waals surface area contributed by atoms with Crippen LogP contribution in [0.1, 0.15) is 31.3 Å². The fourth-order valence-corrected chi connectivity index (χ4v) is 1.84. The van der Waals surface area contributed by atoms with Gasteiger partial charge < -0.3 is 0 Å². The van der Waals surface area contributed by atoms with Crippen molar-refractivity contribution in [2.24, 2.45) is 12.5 Å². The molecule has 0 saturated heterocycles. The lowest BCUT2D eigenvalue weighted by molar-refractivity contribution is 0.0852. The van der Waals surface area contributed by atoms with Gasteiger partial charge in [0.15, 0.2) is 5.78 Å². The van der Waals surface area contributed by atoms with Gasteiger partial charge in [0.1, 0.15) is 5.69 Å². The number of hydrogen-bond acceptors (Lipinski definition) is 2. The van der Waals surface area contributed by atoms with Gasteiger partial charge in [-0.05, 0) is 11.6 Å². The molecule has 0 atom stereocenters. The van der Waals surface area contributed by atoms with Crippen LogP contribution in [-0.2, 0) is 7.05 Å². The zero-order valence-corrected chi connectivity index (χ0v) is 11.3. The van der Waals surface area contributed by atoms with Crippen molar-refractivity contribution >= 4 is 5.78 Å². The fourth-order valence-electron chi connectivity index (χ4n) is 1.84. The van der Waals surface area contributed by atoms with Crippen LogP contribution in [0.3, 0.4) is 0 Å². The van der Waals surface area contributed by atoms with Crippen molar-refractivity contribution in [1.29, 1.82) is 0 Å². The summed E-state index contributed by atoms with van der Waals surface area (Å²) in [5.74, 6) is 0.0697. The molecule has 1 aromatic carbocycles. The van der Waals surface area contributed by atoms with Crippen molar-refractivity contribution in [3.63, 3.8) is 0 Å². The largest absolute Gasteiger partial charge is 0.292 e. The Kier molecular flexibility index (Phi) is 3.07. The molecular weight excluding hydrogens is 224 g/mol. The summed E-state index contributed by atoms with van der Waals surface area (Å²) in [4.78, 5) is 12.2. The lowest BCUT2D eigenvalue weighted by Crippen LogP contribution is -2.20. The molecule has 0 aliphatic heterocycles. The van der Waals surface area contributed by atoms with Crippen molar-refractivity contribution < 1.29 is 4.79 Å². The summed E-state index contributed by atoms with van der Waals surface area (Å²) in [5.41, 5.74) is 2.16. The molecule has 1 aromatic heterocycles. The molecule has 94 valence electrons. The van der Waals surface area contributed by atoms with Crippen molar-refractivity contribution in [1.82, 2.24) is 9.78 Å². The number of nitrogens with zero attached hydrogens (tertiary/aromatic N) is 2. The third kappa shape index (κ3) is 2.35. The molecule has 3 nitrogen and oxygen atoms in total. The van der Waals surface area contributed by atoms with Gasteiger partial charge >= 0.3 is 0 Å². The number of ketones is 1. The molecule has 3 heteroatoms. The van der Waals surface area contributed by atoms with E-state index in [4.69, 9.17) is 0 Å². The molecule has 0 bridgehead atoms. The van der Waals surface area contributed by atoms with Crippen molar-refractivity contribution in [3.8, 4) is 11.3 Å². The number of carbonyl (C=O) groups excluding carboxylic acids is 1. The highest BCUT2D eigenvalue weighted by Gasteiger charge is 2.25. The van der Waals surface area contributed by atoms with Crippen LogP contribution in [0.4, 0.5) is 0 Å². The highest BCUT2D eigenvalue weighted by Crippen LogP contribution is 2.24. The van der Waals surface area contributed by atoms with Crippen molar-refractivity contribution in [2.45, 2.75) is 20.8 Å². The van der Waals surface area contributed by atoms with E-state index in [1.54, 1.807) is 4.68 Å². The molecular formula is C15H18N2O. The van der Waals surface area contributed by atoms with Crippen LogP contribution in [0.2, 0.25) is 0 Å². The van der Waals surface area contributed by atoms with Crippen LogP contribution in [0.5, 0.6) is 0 Å². The first kappa shape index (κ1) is 12.6. The second-order valence-electron chi connectivity index (χ2n) is 5.48. The minimum atomic E-state index is -0.400. The number of benzene rings is 1. The van der Waals surface area contributed by atoms with E-state index < -0.39 is 5.41 Å². The van der Waals surface area contributed by atoms with Crippen molar-refractivity contribution in [2.75, 3.05) is 0 Å². The van der Waals surface area contributed by atoms with Gasteiger partial charge in [0.2, 0.25) is 0 Å². The summed E-state index contributed by atoms with van der Waals surface area (Å²) >= 11 is 0. The first-order valence-corrected chi connectivity index (χ1v) is 6.04. The Morgan fingerprint density at radius 2 is 1.78 bits per heavy atom. The van der Waals surface area contributed by atoms with Crippen LogP contribution in [-0.4, -0.2) is 15.6 Å². The summed E-state index contributed by atoms with van der Waals surface area (Å²) < 4.78 is 1.76. The van der Waals surface area contributed by atoms with Crippen LogP contribution in [0, 0.1) is 5.41 Å². The van der Waals surface area contributed by atoms with Crippen LogP contribution < -0.4 is 0 Å². The Bertz CT molecular complexity index is 562. The number of hydrogen-bond donors (Lipinski definition) is 0. The smallest absolute Gasteiger partial charge is 0.188 e.